The van der Waals surface area contributed by atoms with Crippen molar-refractivity contribution in [3.63, 3.8) is 0 Å². The number of carbonyl (C=O) groups excluding carboxylic acids is 2. The molecule has 4 fully saturated rings. The normalized spacial score (nSPS) is 53.0. The van der Waals surface area contributed by atoms with Gasteiger partial charge in [-0.2, -0.15) is 0 Å². The first-order valence-electron chi connectivity index (χ1n) is 14.8. The Hall–Kier alpha value is -1.40. The summed E-state index contributed by atoms with van der Waals surface area (Å²) in [6.45, 7) is 12.9. The van der Waals surface area contributed by atoms with Gasteiger partial charge in [-0.25, -0.2) is 4.79 Å². The molecule has 1 spiro atoms. The zero-order valence-electron chi connectivity index (χ0n) is 23.5. The van der Waals surface area contributed by atoms with Crippen LogP contribution in [0, 0.1) is 45.3 Å². The smallest absolute Gasteiger partial charge is 0.335 e. The summed E-state index contributed by atoms with van der Waals surface area (Å²) in [5.41, 5.74) is 1.07. The first-order valence-corrected chi connectivity index (χ1v) is 14.8. The molecule has 5 aliphatic carbocycles. The Morgan fingerprint density at radius 3 is 2.41 bits per heavy atom. The number of hydrogen-bond acceptors (Lipinski definition) is 6. The number of esters is 2. The highest BCUT2D eigenvalue weighted by Gasteiger charge is 2.73. The minimum Gasteiger partial charge on any atom is -0.461 e. The van der Waals surface area contributed by atoms with Crippen molar-refractivity contribution in [1.29, 1.82) is 0 Å². The molecular weight excluding hydrogens is 468 g/mol. The maximum absolute atomic E-state index is 13.3. The minimum atomic E-state index is -0.782. The molecule has 0 bridgehead atoms. The van der Waals surface area contributed by atoms with Crippen molar-refractivity contribution < 1.29 is 29.3 Å². The maximum Gasteiger partial charge on any atom is 0.335 e. The molecule has 6 heteroatoms. The zero-order valence-corrected chi connectivity index (χ0v) is 23.5. The number of fused-ring (bicyclic) bond motifs is 7. The quantitative estimate of drug-likeness (QED) is 0.518. The molecule has 6 nitrogen and oxygen atoms in total. The van der Waals surface area contributed by atoms with Crippen molar-refractivity contribution in [2.45, 2.75) is 124 Å². The van der Waals surface area contributed by atoms with E-state index in [2.05, 4.69) is 27.7 Å². The molecular formula is C31H46O6. The van der Waals surface area contributed by atoms with Crippen LogP contribution in [0.25, 0.3) is 0 Å². The van der Waals surface area contributed by atoms with Gasteiger partial charge in [0.05, 0.1) is 24.2 Å². The highest BCUT2D eigenvalue weighted by molar-refractivity contribution is 5.94. The number of aliphatic hydroxyl groups excluding tert-OH is 2. The number of rotatable bonds is 3. The first kappa shape index (κ1) is 25.9. The van der Waals surface area contributed by atoms with E-state index in [1.807, 2.05) is 6.92 Å². The van der Waals surface area contributed by atoms with Gasteiger partial charge in [-0.3, -0.25) is 4.79 Å². The fraction of sp³-hybridized carbons (Fsp3) is 0.871. The molecule has 2 N–H and O–H groups in total. The van der Waals surface area contributed by atoms with Crippen LogP contribution in [0.3, 0.4) is 0 Å². The van der Waals surface area contributed by atoms with Gasteiger partial charge in [0.2, 0.25) is 0 Å². The largest absolute Gasteiger partial charge is 0.461 e. The molecule has 37 heavy (non-hydrogen) atoms. The lowest BCUT2D eigenvalue weighted by atomic mass is 9.35. The van der Waals surface area contributed by atoms with Crippen LogP contribution in [-0.2, 0) is 19.1 Å². The fourth-order valence-electron chi connectivity index (χ4n) is 11.3. The minimum absolute atomic E-state index is 0.00183. The van der Waals surface area contributed by atoms with E-state index in [9.17, 15) is 19.8 Å². The molecule has 0 aromatic carbocycles. The molecule has 6 aliphatic rings. The lowest BCUT2D eigenvalue weighted by molar-refractivity contribution is -0.226. The second kappa shape index (κ2) is 8.06. The van der Waals surface area contributed by atoms with Crippen LogP contribution in [0.5, 0.6) is 0 Å². The van der Waals surface area contributed by atoms with Crippen LogP contribution in [0.15, 0.2) is 11.1 Å². The number of hydrogen-bond donors (Lipinski definition) is 2. The third-order valence-corrected chi connectivity index (χ3v) is 12.9. The molecule has 0 saturated heterocycles. The standard InChI is InChI=1S/C31H46O6/c1-16-15-31(16)10-7-9-28(4)20(31)8-11-29(5)21(28)14-23(37-24(34)12-17(2)32)30(6)22(29)13-19(33)25-18(3)36-27(35)26(25)30/h16-23,32-33H,7-15H2,1-6H3. The van der Waals surface area contributed by atoms with Gasteiger partial charge in [0.15, 0.2) is 0 Å². The molecule has 1 heterocycles. The van der Waals surface area contributed by atoms with E-state index in [0.717, 1.165) is 18.8 Å². The van der Waals surface area contributed by atoms with Gasteiger partial charge in [0, 0.05) is 11.0 Å². The Bertz CT molecular complexity index is 1050. The molecule has 12 unspecified atom stereocenters. The molecule has 1 aliphatic heterocycles. The van der Waals surface area contributed by atoms with Crippen molar-refractivity contribution in [2.24, 2.45) is 45.3 Å². The van der Waals surface area contributed by atoms with Crippen molar-refractivity contribution in [3.8, 4) is 0 Å². The monoisotopic (exact) mass is 514 g/mol. The Morgan fingerprint density at radius 2 is 1.76 bits per heavy atom. The van der Waals surface area contributed by atoms with Gasteiger partial charge in [-0.1, -0.05) is 34.1 Å². The lowest BCUT2D eigenvalue weighted by Crippen LogP contribution is -2.66. The van der Waals surface area contributed by atoms with Crippen molar-refractivity contribution in [1.82, 2.24) is 0 Å². The zero-order chi connectivity index (χ0) is 26.7. The lowest BCUT2D eigenvalue weighted by Gasteiger charge is -2.69. The van der Waals surface area contributed by atoms with Crippen LogP contribution < -0.4 is 0 Å². The van der Waals surface area contributed by atoms with E-state index < -0.39 is 35.8 Å². The Morgan fingerprint density at radius 1 is 1.08 bits per heavy atom. The topological polar surface area (TPSA) is 93.1 Å². The van der Waals surface area contributed by atoms with Gasteiger partial charge < -0.3 is 19.7 Å². The van der Waals surface area contributed by atoms with E-state index in [1.54, 1.807) is 6.92 Å². The van der Waals surface area contributed by atoms with Crippen LogP contribution >= 0.6 is 0 Å². The average molecular weight is 515 g/mol. The molecule has 12 atom stereocenters. The third-order valence-electron chi connectivity index (χ3n) is 12.9. The molecule has 206 valence electrons. The predicted octanol–water partition coefficient (Wildman–Crippen LogP) is 4.95. The summed E-state index contributed by atoms with van der Waals surface area (Å²) in [6, 6.07) is 0. The van der Waals surface area contributed by atoms with Crippen LogP contribution in [0.4, 0.5) is 0 Å². The summed E-state index contributed by atoms with van der Waals surface area (Å²) in [4.78, 5) is 26.4. The van der Waals surface area contributed by atoms with E-state index >= 15 is 0 Å². The summed E-state index contributed by atoms with van der Waals surface area (Å²) < 4.78 is 12.0. The SMILES string of the molecule is CC(O)CC(=O)OC1CC2C3(C)CCCC4(CC4C)C3CCC2(C)C2CC(O)C3=C(C(=O)OC3C)C12C. The highest BCUT2D eigenvalue weighted by Crippen LogP contribution is 2.78. The first-order chi connectivity index (χ1) is 17.3. The average Bonchev–Trinajstić information content (AvgIpc) is 3.30. The number of aliphatic hydroxyl groups is 2. The summed E-state index contributed by atoms with van der Waals surface area (Å²) in [7, 11) is 0. The molecule has 0 radical (unpaired) electrons. The summed E-state index contributed by atoms with van der Waals surface area (Å²) >= 11 is 0. The molecule has 4 saturated carbocycles. The van der Waals surface area contributed by atoms with Crippen molar-refractivity contribution >= 4 is 11.9 Å². The van der Waals surface area contributed by atoms with Gasteiger partial charge >= 0.3 is 11.9 Å². The van der Waals surface area contributed by atoms with Gasteiger partial charge in [-0.15, -0.1) is 0 Å². The summed E-state index contributed by atoms with van der Waals surface area (Å²) in [5, 5.41) is 21.3. The highest BCUT2D eigenvalue weighted by atomic mass is 16.6. The van der Waals surface area contributed by atoms with E-state index in [0.29, 0.717) is 34.8 Å². The van der Waals surface area contributed by atoms with Crippen LogP contribution in [-0.4, -0.2) is 46.6 Å². The van der Waals surface area contributed by atoms with E-state index in [4.69, 9.17) is 9.47 Å². The predicted molar refractivity (Wildman–Crippen MR) is 138 cm³/mol. The summed E-state index contributed by atoms with van der Waals surface area (Å²) in [5.74, 6) is 1.03. The summed E-state index contributed by atoms with van der Waals surface area (Å²) in [6.07, 6.45) is 6.19. The Balaban J connectivity index is 1.47. The second-order valence-electron chi connectivity index (χ2n) is 14.6. The Labute approximate surface area is 221 Å². The molecule has 0 amide bonds. The van der Waals surface area contributed by atoms with E-state index in [-0.39, 0.29) is 29.1 Å². The number of ether oxygens (including phenoxy) is 2. The molecule has 6 rings (SSSR count). The molecule has 0 aromatic rings. The maximum atomic E-state index is 13.3. The van der Waals surface area contributed by atoms with Gasteiger partial charge in [0.1, 0.15) is 12.2 Å². The Kier molecular flexibility index (Phi) is 5.63. The van der Waals surface area contributed by atoms with Gasteiger partial charge in [0.25, 0.3) is 0 Å². The second-order valence-corrected chi connectivity index (χ2v) is 14.6. The van der Waals surface area contributed by atoms with Crippen LogP contribution in [0.1, 0.15) is 99.3 Å². The van der Waals surface area contributed by atoms with Crippen molar-refractivity contribution in [2.75, 3.05) is 0 Å². The number of cyclic esters (lactones) is 1. The van der Waals surface area contributed by atoms with Crippen LogP contribution in [0.2, 0.25) is 0 Å². The third kappa shape index (κ3) is 3.30. The fourth-order valence-corrected chi connectivity index (χ4v) is 11.3. The van der Waals surface area contributed by atoms with Gasteiger partial charge in [-0.05, 0) is 98.7 Å². The van der Waals surface area contributed by atoms with E-state index in [1.165, 1.54) is 32.1 Å². The number of carbonyl (C=O) groups is 2. The molecule has 0 aromatic heterocycles. The van der Waals surface area contributed by atoms with Crippen molar-refractivity contribution in [3.05, 3.63) is 11.1 Å².